The van der Waals surface area contributed by atoms with Gasteiger partial charge in [-0.1, -0.05) is 42.8 Å². The number of aromatic nitrogens is 1. The highest BCUT2D eigenvalue weighted by Gasteiger charge is 2.34. The van der Waals surface area contributed by atoms with Crippen LogP contribution in [0.15, 0.2) is 40.9 Å². The molecule has 5 rings (SSSR count). The second-order valence-corrected chi connectivity index (χ2v) is 10.5. The maximum atomic E-state index is 14.9. The number of piperidine rings is 1. The molecule has 0 N–H and O–H groups in total. The molecular formula is C30H37FN2O2. The maximum absolute atomic E-state index is 14.9. The zero-order valence-corrected chi connectivity index (χ0v) is 21.4. The van der Waals surface area contributed by atoms with Crippen molar-refractivity contribution in [2.45, 2.75) is 90.9 Å². The molecule has 0 bridgehead atoms. The summed E-state index contributed by atoms with van der Waals surface area (Å²) in [5.41, 5.74) is 7.39. The van der Waals surface area contributed by atoms with E-state index in [0.717, 1.165) is 73.2 Å². The van der Waals surface area contributed by atoms with Gasteiger partial charge in [0.25, 0.3) is 0 Å². The van der Waals surface area contributed by atoms with Gasteiger partial charge in [-0.05, 0) is 81.7 Å². The quantitative estimate of drug-likeness (QED) is 0.337. The Kier molecular flexibility index (Phi) is 6.97. The number of hydrogen-bond acceptors (Lipinski definition) is 4. The molecule has 2 aromatic carbocycles. The van der Waals surface area contributed by atoms with Crippen molar-refractivity contribution in [3.05, 3.63) is 70.2 Å². The van der Waals surface area contributed by atoms with Crippen LogP contribution in [-0.4, -0.2) is 23.8 Å². The van der Waals surface area contributed by atoms with Crippen LogP contribution in [-0.2, 0) is 17.8 Å². The van der Waals surface area contributed by atoms with Crippen LogP contribution in [0.3, 0.4) is 0 Å². The van der Waals surface area contributed by atoms with Crippen molar-refractivity contribution in [2.75, 3.05) is 11.4 Å². The Morgan fingerprint density at radius 3 is 2.54 bits per heavy atom. The van der Waals surface area contributed by atoms with E-state index in [2.05, 4.69) is 62.0 Å². The minimum atomic E-state index is -0.112. The summed E-state index contributed by atoms with van der Waals surface area (Å²) in [6.07, 6.45) is 6.15. The van der Waals surface area contributed by atoms with E-state index in [0.29, 0.717) is 18.2 Å². The van der Waals surface area contributed by atoms with Gasteiger partial charge in [0.05, 0.1) is 18.4 Å². The van der Waals surface area contributed by atoms with Crippen LogP contribution in [0.5, 0.6) is 0 Å². The largest absolute Gasteiger partial charge is 0.373 e. The molecule has 35 heavy (non-hydrogen) atoms. The molecule has 2 heterocycles. The van der Waals surface area contributed by atoms with Crippen LogP contribution in [0, 0.1) is 19.7 Å². The number of anilines is 1. The van der Waals surface area contributed by atoms with Crippen LogP contribution < -0.4 is 4.90 Å². The van der Waals surface area contributed by atoms with Crippen LogP contribution in [0.25, 0.3) is 11.3 Å². The summed E-state index contributed by atoms with van der Waals surface area (Å²) in [6, 6.07) is 12.3. The van der Waals surface area contributed by atoms with E-state index in [1.54, 1.807) is 6.07 Å². The van der Waals surface area contributed by atoms with Crippen molar-refractivity contribution in [1.29, 1.82) is 0 Å². The second kappa shape index (κ2) is 10.1. The molecule has 5 heteroatoms. The fourth-order valence-corrected chi connectivity index (χ4v) is 5.58. The smallest absolute Gasteiger partial charge is 0.146 e. The Bertz CT molecular complexity index is 1160. The molecular weight excluding hydrogens is 439 g/mol. The maximum Gasteiger partial charge on any atom is 0.146 e. The fourth-order valence-electron chi connectivity index (χ4n) is 5.58. The Hall–Kier alpha value is -2.66. The zero-order valence-electron chi connectivity index (χ0n) is 21.4. The lowest BCUT2D eigenvalue weighted by Gasteiger charge is -2.39. The first-order valence-electron chi connectivity index (χ1n) is 13.2. The van der Waals surface area contributed by atoms with Crippen molar-refractivity contribution >= 4 is 5.69 Å². The van der Waals surface area contributed by atoms with Crippen LogP contribution in [0.2, 0.25) is 0 Å². The Morgan fingerprint density at radius 1 is 1.11 bits per heavy atom. The third kappa shape index (κ3) is 5.02. The van der Waals surface area contributed by atoms with Gasteiger partial charge < -0.3 is 14.2 Å². The van der Waals surface area contributed by atoms with E-state index in [-0.39, 0.29) is 18.0 Å². The van der Waals surface area contributed by atoms with Gasteiger partial charge in [0.2, 0.25) is 0 Å². The Morgan fingerprint density at radius 2 is 1.89 bits per heavy atom. The van der Waals surface area contributed by atoms with Crippen molar-refractivity contribution in [3.8, 4) is 11.3 Å². The molecule has 4 nitrogen and oxygen atoms in total. The standard InChI is InChI=1S/C30H37FN2O2/c1-5-7-22-10-13-27(26(31)17-22)33-15-14-24(16-21(33)4)34-18-25-29(32-35-30(25)23-11-12-23)28-19(2)8-6-9-20(28)3/h6,8-10,13,17,21,23-24H,5,7,11-12,14-16,18H2,1-4H3. The number of aryl methyl sites for hydroxylation is 3. The fraction of sp³-hybridized carbons (Fsp3) is 0.500. The number of nitrogens with zero attached hydrogens (tertiary/aromatic N) is 2. The van der Waals surface area contributed by atoms with E-state index in [1.807, 2.05) is 6.07 Å². The molecule has 0 amide bonds. The first-order chi connectivity index (χ1) is 17.0. The number of hydrogen-bond donors (Lipinski definition) is 0. The third-order valence-corrected chi connectivity index (χ3v) is 7.64. The van der Waals surface area contributed by atoms with E-state index in [4.69, 9.17) is 9.26 Å². The van der Waals surface area contributed by atoms with E-state index in [9.17, 15) is 4.39 Å². The van der Waals surface area contributed by atoms with E-state index >= 15 is 0 Å². The van der Waals surface area contributed by atoms with Crippen molar-refractivity contribution < 1.29 is 13.7 Å². The first kappa shape index (κ1) is 24.1. The highest BCUT2D eigenvalue weighted by atomic mass is 19.1. The molecule has 2 atom stereocenters. The molecule has 2 aliphatic rings. The van der Waals surface area contributed by atoms with Crippen LogP contribution in [0.4, 0.5) is 10.1 Å². The first-order valence-corrected chi connectivity index (χ1v) is 13.2. The summed E-state index contributed by atoms with van der Waals surface area (Å²) in [5.74, 6) is 1.36. The average molecular weight is 477 g/mol. The molecule has 1 aromatic heterocycles. The summed E-state index contributed by atoms with van der Waals surface area (Å²) in [7, 11) is 0. The summed E-state index contributed by atoms with van der Waals surface area (Å²) in [6.45, 7) is 9.85. The molecule has 2 fully saturated rings. The number of halogens is 1. The van der Waals surface area contributed by atoms with Gasteiger partial charge in [-0.2, -0.15) is 0 Å². The molecule has 1 saturated carbocycles. The molecule has 0 spiro atoms. The summed E-state index contributed by atoms with van der Waals surface area (Å²) >= 11 is 0. The molecule has 1 aliphatic heterocycles. The zero-order chi connectivity index (χ0) is 24.5. The predicted octanol–water partition coefficient (Wildman–Crippen LogP) is 7.50. The van der Waals surface area contributed by atoms with Gasteiger partial charge in [-0.3, -0.25) is 0 Å². The highest BCUT2D eigenvalue weighted by Crippen LogP contribution is 2.45. The second-order valence-electron chi connectivity index (χ2n) is 10.5. The van der Waals surface area contributed by atoms with E-state index < -0.39 is 0 Å². The normalized spacial score (nSPS) is 20.4. The monoisotopic (exact) mass is 476 g/mol. The number of benzene rings is 2. The van der Waals surface area contributed by atoms with Crippen LogP contribution >= 0.6 is 0 Å². The van der Waals surface area contributed by atoms with Gasteiger partial charge in [0, 0.05) is 29.6 Å². The molecule has 2 unspecified atom stereocenters. The van der Waals surface area contributed by atoms with Gasteiger partial charge in [-0.25, -0.2) is 4.39 Å². The third-order valence-electron chi connectivity index (χ3n) is 7.64. The lowest BCUT2D eigenvalue weighted by molar-refractivity contribution is 0.0174. The average Bonchev–Trinajstić information content (AvgIpc) is 3.59. The lowest BCUT2D eigenvalue weighted by atomic mass is 9.96. The summed E-state index contributed by atoms with van der Waals surface area (Å²) < 4.78 is 27.3. The Balaban J connectivity index is 1.29. The van der Waals surface area contributed by atoms with Gasteiger partial charge >= 0.3 is 0 Å². The van der Waals surface area contributed by atoms with E-state index in [1.165, 1.54) is 11.1 Å². The molecule has 1 saturated heterocycles. The van der Waals surface area contributed by atoms with Gasteiger partial charge in [-0.15, -0.1) is 0 Å². The van der Waals surface area contributed by atoms with Crippen molar-refractivity contribution in [2.24, 2.45) is 0 Å². The summed E-state index contributed by atoms with van der Waals surface area (Å²) in [4.78, 5) is 2.20. The topological polar surface area (TPSA) is 38.5 Å². The minimum Gasteiger partial charge on any atom is -0.373 e. The SMILES string of the molecule is CCCc1ccc(N2CCC(OCc3c(-c4c(C)cccc4C)noc3C3CC3)CC2C)c(F)c1. The molecule has 1 aliphatic carbocycles. The number of rotatable bonds is 8. The van der Waals surface area contributed by atoms with Gasteiger partial charge in [0.1, 0.15) is 17.3 Å². The predicted molar refractivity (Wildman–Crippen MR) is 138 cm³/mol. The van der Waals surface area contributed by atoms with Crippen LogP contribution in [0.1, 0.15) is 79.9 Å². The van der Waals surface area contributed by atoms with Gasteiger partial charge in [0.15, 0.2) is 0 Å². The number of ether oxygens (including phenoxy) is 1. The van der Waals surface area contributed by atoms with Crippen molar-refractivity contribution in [3.63, 3.8) is 0 Å². The Labute approximate surface area is 208 Å². The lowest BCUT2D eigenvalue weighted by Crippen LogP contribution is -2.44. The molecule has 3 aromatic rings. The molecule has 186 valence electrons. The minimum absolute atomic E-state index is 0.112. The highest BCUT2D eigenvalue weighted by molar-refractivity contribution is 5.70. The van der Waals surface area contributed by atoms with Crippen molar-refractivity contribution in [1.82, 2.24) is 5.16 Å². The molecule has 0 radical (unpaired) electrons. The summed E-state index contributed by atoms with van der Waals surface area (Å²) in [5, 5.41) is 4.52.